The highest BCUT2D eigenvalue weighted by Crippen LogP contribution is 2.27. The third-order valence-electron chi connectivity index (χ3n) is 1.58. The molecule has 0 amide bonds. The molecule has 64 valence electrons. The second kappa shape index (κ2) is 3.81. The molecule has 0 spiro atoms. The molecule has 0 unspecified atom stereocenters. The molecule has 2 nitrogen and oxygen atoms in total. The third-order valence-corrected chi connectivity index (χ3v) is 1.58. The van der Waals surface area contributed by atoms with Crippen LogP contribution in [0.2, 0.25) is 0 Å². The molecule has 0 saturated heterocycles. The van der Waals surface area contributed by atoms with Crippen LogP contribution in [0.25, 0.3) is 6.08 Å². The van der Waals surface area contributed by atoms with Crippen LogP contribution in [-0.4, -0.2) is 10.2 Å². The van der Waals surface area contributed by atoms with Gasteiger partial charge < -0.3 is 10.2 Å². The van der Waals surface area contributed by atoms with Gasteiger partial charge in [-0.3, -0.25) is 0 Å². The lowest BCUT2D eigenvalue weighted by molar-refractivity contribution is 0.448. The number of benzene rings is 1. The van der Waals surface area contributed by atoms with Crippen molar-refractivity contribution in [2.75, 3.05) is 0 Å². The Morgan fingerprint density at radius 2 is 1.83 bits per heavy atom. The van der Waals surface area contributed by atoms with Crippen LogP contribution in [0.4, 0.5) is 0 Å². The molecule has 0 aromatic heterocycles. The maximum atomic E-state index is 9.31. The van der Waals surface area contributed by atoms with Gasteiger partial charge in [0.05, 0.1) is 5.56 Å². The summed E-state index contributed by atoms with van der Waals surface area (Å²) < 4.78 is 0. The molecule has 2 heteroatoms. The normalized spacial score (nSPS) is 10.8. The van der Waals surface area contributed by atoms with E-state index in [1.165, 1.54) is 0 Å². The first kappa shape index (κ1) is 8.65. The monoisotopic (exact) mass is 164 g/mol. The average Bonchev–Trinajstić information content (AvgIpc) is 2.04. The van der Waals surface area contributed by atoms with E-state index in [0.717, 1.165) is 6.42 Å². The van der Waals surface area contributed by atoms with Gasteiger partial charge in [0.15, 0.2) is 0 Å². The van der Waals surface area contributed by atoms with Crippen LogP contribution in [0.3, 0.4) is 0 Å². The Labute approximate surface area is 71.8 Å². The van der Waals surface area contributed by atoms with Crippen molar-refractivity contribution in [3.8, 4) is 11.5 Å². The molecule has 0 aliphatic heterocycles. The fraction of sp³-hybridized carbons (Fsp3) is 0.200. The van der Waals surface area contributed by atoms with Crippen LogP contribution >= 0.6 is 0 Å². The van der Waals surface area contributed by atoms with Crippen molar-refractivity contribution in [3.05, 3.63) is 29.8 Å². The van der Waals surface area contributed by atoms with Gasteiger partial charge in [-0.15, -0.1) is 0 Å². The van der Waals surface area contributed by atoms with Crippen LogP contribution in [0.1, 0.15) is 18.9 Å². The van der Waals surface area contributed by atoms with E-state index >= 15 is 0 Å². The molecular formula is C10H12O2. The Balaban J connectivity index is 3.04. The quantitative estimate of drug-likeness (QED) is 0.705. The maximum absolute atomic E-state index is 9.31. The van der Waals surface area contributed by atoms with Crippen LogP contribution in [0.5, 0.6) is 11.5 Å². The van der Waals surface area contributed by atoms with Crippen LogP contribution < -0.4 is 0 Å². The highest BCUT2D eigenvalue weighted by molar-refractivity contribution is 5.63. The van der Waals surface area contributed by atoms with Crippen LogP contribution in [0, 0.1) is 0 Å². The summed E-state index contributed by atoms with van der Waals surface area (Å²) in [6.45, 7) is 1.99. The van der Waals surface area contributed by atoms with Crippen molar-refractivity contribution in [3.63, 3.8) is 0 Å². The Kier molecular flexibility index (Phi) is 2.75. The van der Waals surface area contributed by atoms with E-state index < -0.39 is 0 Å². The van der Waals surface area contributed by atoms with Crippen molar-refractivity contribution in [1.82, 2.24) is 0 Å². The van der Waals surface area contributed by atoms with Crippen molar-refractivity contribution in [2.45, 2.75) is 13.3 Å². The van der Waals surface area contributed by atoms with Gasteiger partial charge in [0.1, 0.15) is 11.5 Å². The molecule has 0 aliphatic carbocycles. The molecule has 0 aliphatic rings. The first-order valence-electron chi connectivity index (χ1n) is 3.93. The first-order valence-corrected chi connectivity index (χ1v) is 3.93. The molecule has 1 aromatic carbocycles. The molecule has 0 radical (unpaired) electrons. The molecule has 0 atom stereocenters. The Hall–Kier alpha value is -1.44. The number of phenols is 2. The average molecular weight is 164 g/mol. The smallest absolute Gasteiger partial charge is 0.126 e. The van der Waals surface area contributed by atoms with Crippen molar-refractivity contribution < 1.29 is 10.2 Å². The summed E-state index contributed by atoms with van der Waals surface area (Å²) in [5.74, 6) is 0.222. The van der Waals surface area contributed by atoms with Crippen molar-refractivity contribution in [2.24, 2.45) is 0 Å². The van der Waals surface area contributed by atoms with Gasteiger partial charge in [0.2, 0.25) is 0 Å². The predicted octanol–water partition coefficient (Wildman–Crippen LogP) is 2.52. The fourth-order valence-corrected chi connectivity index (χ4v) is 0.948. The summed E-state index contributed by atoms with van der Waals surface area (Å²) >= 11 is 0. The number of rotatable bonds is 2. The number of hydrogen-bond acceptors (Lipinski definition) is 2. The minimum Gasteiger partial charge on any atom is -0.507 e. The van der Waals surface area contributed by atoms with E-state index in [1.807, 2.05) is 13.0 Å². The highest BCUT2D eigenvalue weighted by Gasteiger charge is 2.00. The van der Waals surface area contributed by atoms with Gasteiger partial charge in [0, 0.05) is 0 Å². The van der Waals surface area contributed by atoms with E-state index in [1.54, 1.807) is 24.3 Å². The molecule has 2 N–H and O–H groups in total. The molecule has 12 heavy (non-hydrogen) atoms. The van der Waals surface area contributed by atoms with E-state index in [4.69, 9.17) is 0 Å². The van der Waals surface area contributed by atoms with Gasteiger partial charge in [0.25, 0.3) is 0 Å². The van der Waals surface area contributed by atoms with Crippen LogP contribution in [-0.2, 0) is 0 Å². The summed E-state index contributed by atoms with van der Waals surface area (Å²) in [5, 5.41) is 18.6. The van der Waals surface area contributed by atoms with Gasteiger partial charge in [-0.05, 0) is 18.6 Å². The summed E-state index contributed by atoms with van der Waals surface area (Å²) in [5.41, 5.74) is 0.486. The molecule has 1 rings (SSSR count). The summed E-state index contributed by atoms with van der Waals surface area (Å²) in [4.78, 5) is 0. The largest absolute Gasteiger partial charge is 0.507 e. The van der Waals surface area contributed by atoms with Crippen molar-refractivity contribution in [1.29, 1.82) is 0 Å². The van der Waals surface area contributed by atoms with E-state index in [9.17, 15) is 10.2 Å². The van der Waals surface area contributed by atoms with Gasteiger partial charge >= 0.3 is 0 Å². The number of allylic oxidation sites excluding steroid dienone is 1. The fourth-order valence-electron chi connectivity index (χ4n) is 0.948. The van der Waals surface area contributed by atoms with Crippen LogP contribution in [0.15, 0.2) is 24.3 Å². The lowest BCUT2D eigenvalue weighted by Gasteiger charge is -2.00. The minimum absolute atomic E-state index is 0.111. The summed E-state index contributed by atoms with van der Waals surface area (Å²) in [7, 11) is 0. The maximum Gasteiger partial charge on any atom is 0.126 e. The Morgan fingerprint density at radius 1 is 1.25 bits per heavy atom. The first-order chi connectivity index (χ1) is 5.75. The molecule has 1 aromatic rings. The van der Waals surface area contributed by atoms with Gasteiger partial charge in [-0.2, -0.15) is 0 Å². The third kappa shape index (κ3) is 1.78. The number of aromatic hydroxyl groups is 2. The standard InChI is InChI=1S/C10H12O2/c1-2-3-5-8-9(11)6-4-7-10(8)12/h3-7,11-12H,2H2,1H3/b5-3+. The number of phenolic OH excluding ortho intramolecular Hbond substituents is 2. The second-order valence-electron chi connectivity index (χ2n) is 2.52. The lowest BCUT2D eigenvalue weighted by Crippen LogP contribution is -1.75. The zero-order chi connectivity index (χ0) is 8.97. The Bertz CT molecular complexity index is 270. The topological polar surface area (TPSA) is 40.5 Å². The van der Waals surface area contributed by atoms with E-state index in [-0.39, 0.29) is 11.5 Å². The molecule has 0 heterocycles. The van der Waals surface area contributed by atoms with Crippen molar-refractivity contribution >= 4 is 6.08 Å². The minimum atomic E-state index is 0.111. The Morgan fingerprint density at radius 3 is 2.33 bits per heavy atom. The SMILES string of the molecule is CC/C=C/c1c(O)cccc1O. The zero-order valence-electron chi connectivity index (χ0n) is 6.99. The summed E-state index contributed by atoms with van der Waals surface area (Å²) in [6, 6.07) is 4.71. The van der Waals surface area contributed by atoms with Gasteiger partial charge in [-0.25, -0.2) is 0 Å². The molecule has 0 saturated carbocycles. The number of hydrogen-bond donors (Lipinski definition) is 2. The lowest BCUT2D eigenvalue weighted by atomic mass is 10.1. The second-order valence-corrected chi connectivity index (χ2v) is 2.52. The molecule has 0 bridgehead atoms. The highest BCUT2D eigenvalue weighted by atomic mass is 16.3. The zero-order valence-corrected chi connectivity index (χ0v) is 6.99. The summed E-state index contributed by atoms with van der Waals surface area (Å²) in [6.07, 6.45) is 4.48. The molecular weight excluding hydrogens is 152 g/mol. The van der Waals surface area contributed by atoms with E-state index in [2.05, 4.69) is 0 Å². The molecule has 0 fully saturated rings. The van der Waals surface area contributed by atoms with E-state index in [0.29, 0.717) is 5.56 Å². The van der Waals surface area contributed by atoms with Gasteiger partial charge in [-0.1, -0.05) is 25.1 Å². The predicted molar refractivity (Wildman–Crippen MR) is 49.1 cm³/mol.